The van der Waals surface area contributed by atoms with E-state index in [-0.39, 0.29) is 5.41 Å². The van der Waals surface area contributed by atoms with Crippen molar-refractivity contribution in [2.75, 3.05) is 0 Å². The molecule has 0 aromatic heterocycles. The molecule has 0 heterocycles. The maximum absolute atomic E-state index is 10.7. The lowest BCUT2D eigenvalue weighted by molar-refractivity contribution is 0.233. The van der Waals surface area contributed by atoms with Crippen molar-refractivity contribution in [3.8, 4) is 0 Å². The fourth-order valence-electron chi connectivity index (χ4n) is 2.98. The van der Waals surface area contributed by atoms with Crippen LogP contribution in [0.1, 0.15) is 59.3 Å². The number of primary amides is 1. The Kier molecular flexibility index (Phi) is 4.97. The Balaban J connectivity index is 2.80. The predicted molar refractivity (Wildman–Crippen MR) is 70.8 cm³/mol. The number of nitrogens with one attached hydrogen (secondary N) is 1. The van der Waals surface area contributed by atoms with Gasteiger partial charge in [0.1, 0.15) is 0 Å². The molecule has 1 saturated carbocycles. The Morgan fingerprint density at radius 1 is 1.35 bits per heavy atom. The van der Waals surface area contributed by atoms with Gasteiger partial charge in [0.15, 0.2) is 0 Å². The van der Waals surface area contributed by atoms with Crippen LogP contribution >= 0.6 is 0 Å². The van der Waals surface area contributed by atoms with Crippen LogP contribution in [0.15, 0.2) is 5.10 Å². The molecule has 17 heavy (non-hydrogen) atoms. The molecule has 0 atom stereocenters. The van der Waals surface area contributed by atoms with Crippen LogP contribution in [0, 0.1) is 11.3 Å². The van der Waals surface area contributed by atoms with Crippen LogP contribution < -0.4 is 11.2 Å². The van der Waals surface area contributed by atoms with E-state index in [2.05, 4.69) is 24.4 Å². The van der Waals surface area contributed by atoms with Gasteiger partial charge in [-0.15, -0.1) is 0 Å². The second-order valence-corrected chi connectivity index (χ2v) is 5.61. The molecule has 0 saturated heterocycles. The van der Waals surface area contributed by atoms with Crippen LogP contribution in [-0.2, 0) is 0 Å². The third kappa shape index (κ3) is 4.02. The second-order valence-electron chi connectivity index (χ2n) is 5.61. The highest BCUT2D eigenvalue weighted by Gasteiger charge is 2.35. The van der Waals surface area contributed by atoms with E-state index in [4.69, 9.17) is 5.73 Å². The fraction of sp³-hybridized carbons (Fsp3) is 0.846. The highest BCUT2D eigenvalue weighted by Crippen LogP contribution is 2.42. The van der Waals surface area contributed by atoms with Gasteiger partial charge in [-0.2, -0.15) is 5.10 Å². The number of hydrogen-bond donors (Lipinski definition) is 2. The van der Waals surface area contributed by atoms with Gasteiger partial charge in [-0.1, -0.05) is 33.1 Å². The number of amides is 2. The van der Waals surface area contributed by atoms with Crippen LogP contribution in [0.4, 0.5) is 4.79 Å². The summed E-state index contributed by atoms with van der Waals surface area (Å²) >= 11 is 0. The van der Waals surface area contributed by atoms with Crippen LogP contribution in [0.3, 0.4) is 0 Å². The molecule has 1 fully saturated rings. The van der Waals surface area contributed by atoms with E-state index >= 15 is 0 Å². The fourth-order valence-corrected chi connectivity index (χ4v) is 2.98. The average molecular weight is 239 g/mol. The molecule has 0 aromatic carbocycles. The topological polar surface area (TPSA) is 67.5 Å². The smallest absolute Gasteiger partial charge is 0.332 e. The first-order valence-corrected chi connectivity index (χ1v) is 6.56. The number of carbonyl (C=O) groups excluding carboxylic acids is 1. The van der Waals surface area contributed by atoms with Gasteiger partial charge in [-0.05, 0) is 32.1 Å². The summed E-state index contributed by atoms with van der Waals surface area (Å²) in [6.07, 6.45) is 7.34. The number of hydrazone groups is 1. The Morgan fingerprint density at radius 2 is 1.94 bits per heavy atom. The number of nitrogens with zero attached hydrogens (tertiary/aromatic N) is 1. The monoisotopic (exact) mass is 239 g/mol. The first kappa shape index (κ1) is 14.0. The number of hydrogen-bond acceptors (Lipinski definition) is 2. The molecule has 1 aliphatic rings. The number of carbonyl (C=O) groups is 1. The first-order chi connectivity index (χ1) is 7.96. The van der Waals surface area contributed by atoms with E-state index in [0.717, 1.165) is 12.1 Å². The molecule has 98 valence electrons. The molecule has 1 rings (SSSR count). The predicted octanol–water partition coefficient (Wildman–Crippen LogP) is 3.03. The van der Waals surface area contributed by atoms with Gasteiger partial charge in [0.2, 0.25) is 0 Å². The average Bonchev–Trinajstić information content (AvgIpc) is 2.26. The molecule has 2 amide bonds. The first-order valence-electron chi connectivity index (χ1n) is 6.56. The maximum Gasteiger partial charge on any atom is 0.332 e. The summed E-state index contributed by atoms with van der Waals surface area (Å²) in [6, 6.07) is -0.583. The van der Waals surface area contributed by atoms with Crippen molar-refractivity contribution in [1.82, 2.24) is 5.43 Å². The second kappa shape index (κ2) is 6.03. The lowest BCUT2D eigenvalue weighted by Gasteiger charge is -2.38. The van der Waals surface area contributed by atoms with Crippen molar-refractivity contribution in [3.63, 3.8) is 0 Å². The van der Waals surface area contributed by atoms with Crippen molar-refractivity contribution in [1.29, 1.82) is 0 Å². The summed E-state index contributed by atoms with van der Waals surface area (Å²) in [5.41, 5.74) is 8.63. The van der Waals surface area contributed by atoms with Gasteiger partial charge >= 0.3 is 6.03 Å². The minimum absolute atomic E-state index is 0.175. The molecular weight excluding hydrogens is 214 g/mol. The molecule has 0 unspecified atom stereocenters. The lowest BCUT2D eigenvalue weighted by atomic mass is 9.67. The molecule has 0 bridgehead atoms. The quantitative estimate of drug-likeness (QED) is 0.574. The summed E-state index contributed by atoms with van der Waals surface area (Å²) in [4.78, 5) is 10.7. The largest absolute Gasteiger partial charge is 0.350 e. The summed E-state index contributed by atoms with van der Waals surface area (Å²) in [5.74, 6) is 0.645. The summed E-state index contributed by atoms with van der Waals surface area (Å²) in [5, 5.41) is 4.16. The summed E-state index contributed by atoms with van der Waals surface area (Å²) in [6.45, 7) is 6.50. The SMILES string of the molecule is C/C(=N\NC(N)=O)C1(CC(C)C)CCCCC1. The van der Waals surface area contributed by atoms with Crippen molar-refractivity contribution in [2.24, 2.45) is 22.2 Å². The number of urea groups is 1. The highest BCUT2D eigenvalue weighted by molar-refractivity contribution is 5.89. The molecule has 0 radical (unpaired) electrons. The molecule has 0 aliphatic heterocycles. The highest BCUT2D eigenvalue weighted by atomic mass is 16.2. The maximum atomic E-state index is 10.7. The van der Waals surface area contributed by atoms with Gasteiger partial charge in [-0.3, -0.25) is 0 Å². The van der Waals surface area contributed by atoms with Crippen LogP contribution in [0.2, 0.25) is 0 Å². The van der Waals surface area contributed by atoms with E-state index in [9.17, 15) is 4.79 Å². The van der Waals surface area contributed by atoms with Gasteiger partial charge < -0.3 is 5.73 Å². The van der Waals surface area contributed by atoms with Crippen LogP contribution in [-0.4, -0.2) is 11.7 Å². The number of rotatable bonds is 4. The number of nitrogens with two attached hydrogens (primary N) is 1. The van der Waals surface area contributed by atoms with Crippen molar-refractivity contribution in [3.05, 3.63) is 0 Å². The van der Waals surface area contributed by atoms with E-state index in [1.807, 2.05) is 6.92 Å². The van der Waals surface area contributed by atoms with Crippen LogP contribution in [0.25, 0.3) is 0 Å². The zero-order valence-electron chi connectivity index (χ0n) is 11.3. The zero-order chi connectivity index (χ0) is 12.9. The third-order valence-electron chi connectivity index (χ3n) is 3.71. The Labute approximate surface area is 104 Å². The normalized spacial score (nSPS) is 20.4. The summed E-state index contributed by atoms with van der Waals surface area (Å²) < 4.78 is 0. The van der Waals surface area contributed by atoms with Crippen LogP contribution in [0.5, 0.6) is 0 Å². The third-order valence-corrected chi connectivity index (χ3v) is 3.71. The Hall–Kier alpha value is -1.06. The standard InChI is InChI=1S/C13H25N3O/c1-10(2)9-13(7-5-4-6-8-13)11(3)15-16-12(14)17/h10H,4-9H2,1-3H3,(H3,14,16,17)/b15-11+. The Bertz CT molecular complexity index is 291. The molecule has 4 nitrogen and oxygen atoms in total. The molecule has 4 heteroatoms. The molecule has 0 aromatic rings. The van der Waals surface area contributed by atoms with E-state index < -0.39 is 6.03 Å². The summed E-state index contributed by atoms with van der Waals surface area (Å²) in [7, 11) is 0. The van der Waals surface area contributed by atoms with Crippen molar-refractivity contribution < 1.29 is 4.79 Å². The Morgan fingerprint density at radius 3 is 2.41 bits per heavy atom. The van der Waals surface area contributed by atoms with E-state index in [0.29, 0.717) is 5.92 Å². The minimum atomic E-state index is -0.583. The van der Waals surface area contributed by atoms with Gasteiger partial charge in [0.25, 0.3) is 0 Å². The van der Waals surface area contributed by atoms with E-state index in [1.54, 1.807) is 0 Å². The molecule has 1 aliphatic carbocycles. The zero-order valence-corrected chi connectivity index (χ0v) is 11.3. The molecule has 3 N–H and O–H groups in total. The van der Waals surface area contributed by atoms with Gasteiger partial charge in [-0.25, -0.2) is 10.2 Å². The molecular formula is C13H25N3O. The van der Waals surface area contributed by atoms with Gasteiger partial charge in [0, 0.05) is 11.1 Å². The van der Waals surface area contributed by atoms with Crippen molar-refractivity contribution in [2.45, 2.75) is 59.3 Å². The minimum Gasteiger partial charge on any atom is -0.350 e. The molecule has 0 spiro atoms. The van der Waals surface area contributed by atoms with Crippen molar-refractivity contribution >= 4 is 11.7 Å². The van der Waals surface area contributed by atoms with E-state index in [1.165, 1.54) is 32.1 Å². The van der Waals surface area contributed by atoms with Gasteiger partial charge in [0.05, 0.1) is 0 Å². The lowest BCUT2D eigenvalue weighted by Crippen LogP contribution is -2.36.